The molecule has 1 unspecified atom stereocenters. The van der Waals surface area contributed by atoms with Gasteiger partial charge in [0.05, 0.1) is 24.8 Å². The second kappa shape index (κ2) is 9.36. The number of aliphatic hydroxyl groups excluding tert-OH is 1. The lowest BCUT2D eigenvalue weighted by atomic mass is 9.95. The molecule has 0 saturated carbocycles. The van der Waals surface area contributed by atoms with E-state index in [-0.39, 0.29) is 23.4 Å². The third kappa shape index (κ3) is 4.16. The van der Waals surface area contributed by atoms with Crippen LogP contribution in [0.3, 0.4) is 0 Å². The highest BCUT2D eigenvalue weighted by Crippen LogP contribution is 2.41. The van der Waals surface area contributed by atoms with Crippen LogP contribution in [0.5, 0.6) is 5.75 Å². The number of carbonyl (C=O) groups is 2. The summed E-state index contributed by atoms with van der Waals surface area (Å²) in [5, 5.41) is 13.0. The number of thiophene rings is 1. The Morgan fingerprint density at radius 1 is 1.12 bits per heavy atom. The van der Waals surface area contributed by atoms with Crippen molar-refractivity contribution in [2.45, 2.75) is 25.9 Å². The zero-order chi connectivity index (χ0) is 22.7. The summed E-state index contributed by atoms with van der Waals surface area (Å²) < 4.78 is 20.4. The van der Waals surface area contributed by atoms with Crippen LogP contribution in [0.4, 0.5) is 4.39 Å². The predicted octanol–water partition coefficient (Wildman–Crippen LogP) is 5.30. The number of rotatable bonds is 7. The molecule has 1 atom stereocenters. The Morgan fingerprint density at radius 3 is 2.66 bits per heavy atom. The lowest BCUT2D eigenvalue weighted by Gasteiger charge is -2.25. The lowest BCUT2D eigenvalue weighted by Crippen LogP contribution is -2.29. The van der Waals surface area contributed by atoms with Crippen molar-refractivity contribution < 1.29 is 23.8 Å². The van der Waals surface area contributed by atoms with Crippen LogP contribution in [0.25, 0.3) is 5.76 Å². The summed E-state index contributed by atoms with van der Waals surface area (Å²) in [6.45, 7) is 2.62. The predicted molar refractivity (Wildman–Crippen MR) is 121 cm³/mol. The summed E-state index contributed by atoms with van der Waals surface area (Å²) in [5.41, 5.74) is 0.349. The van der Waals surface area contributed by atoms with Gasteiger partial charge in [0.15, 0.2) is 0 Å². The van der Waals surface area contributed by atoms with Crippen LogP contribution in [0, 0.1) is 5.82 Å². The molecule has 3 aromatic rings. The van der Waals surface area contributed by atoms with Gasteiger partial charge in [0.25, 0.3) is 11.7 Å². The average Bonchev–Trinajstić information content (AvgIpc) is 3.40. The Bertz CT molecular complexity index is 1170. The van der Waals surface area contributed by atoms with Crippen molar-refractivity contribution >= 4 is 28.8 Å². The summed E-state index contributed by atoms with van der Waals surface area (Å²) in [7, 11) is 0. The van der Waals surface area contributed by atoms with E-state index in [1.165, 1.54) is 28.4 Å². The van der Waals surface area contributed by atoms with Crippen molar-refractivity contribution in [3.8, 4) is 5.75 Å². The number of hydrogen-bond donors (Lipinski definition) is 1. The van der Waals surface area contributed by atoms with Crippen LogP contribution in [0.2, 0.25) is 0 Å². The third-order valence-electron chi connectivity index (χ3n) is 5.23. The van der Waals surface area contributed by atoms with E-state index in [9.17, 15) is 19.1 Å². The van der Waals surface area contributed by atoms with Crippen molar-refractivity contribution in [2.75, 3.05) is 6.61 Å². The van der Waals surface area contributed by atoms with E-state index in [2.05, 4.69) is 0 Å². The number of ketones is 1. The highest BCUT2D eigenvalue weighted by Gasteiger charge is 2.47. The first-order valence-corrected chi connectivity index (χ1v) is 11.2. The fourth-order valence-electron chi connectivity index (χ4n) is 3.74. The van der Waals surface area contributed by atoms with E-state index in [4.69, 9.17) is 4.74 Å². The SMILES string of the molecule is CCCOc1cccc(/C(O)=C2/C(=O)C(=O)N(Cc3cccs3)C2c2ccccc2F)c1. The number of aliphatic hydroxyl groups is 1. The molecule has 0 bridgehead atoms. The van der Waals surface area contributed by atoms with Crippen molar-refractivity contribution in [1.29, 1.82) is 0 Å². The number of carbonyl (C=O) groups excluding carboxylic acids is 2. The first-order chi connectivity index (χ1) is 15.5. The zero-order valence-electron chi connectivity index (χ0n) is 17.5. The number of hydrogen-bond acceptors (Lipinski definition) is 5. The number of ether oxygens (including phenoxy) is 1. The molecule has 32 heavy (non-hydrogen) atoms. The third-order valence-corrected chi connectivity index (χ3v) is 6.09. The molecule has 2 heterocycles. The Hall–Kier alpha value is -3.45. The van der Waals surface area contributed by atoms with E-state index in [0.29, 0.717) is 17.9 Å². The number of likely N-dealkylation sites (tertiary alicyclic amines) is 1. The van der Waals surface area contributed by atoms with Gasteiger partial charge >= 0.3 is 0 Å². The maximum absolute atomic E-state index is 14.8. The van der Waals surface area contributed by atoms with Crippen LogP contribution in [0.1, 0.15) is 35.4 Å². The minimum Gasteiger partial charge on any atom is -0.507 e. The smallest absolute Gasteiger partial charge is 0.295 e. The van der Waals surface area contributed by atoms with Crippen molar-refractivity contribution in [2.24, 2.45) is 0 Å². The molecule has 1 saturated heterocycles. The van der Waals surface area contributed by atoms with Gasteiger partial charge in [0.1, 0.15) is 17.3 Å². The van der Waals surface area contributed by atoms with Gasteiger partial charge in [0, 0.05) is 16.0 Å². The average molecular weight is 452 g/mol. The second-order valence-corrected chi connectivity index (χ2v) is 8.44. The molecule has 4 rings (SSSR count). The van der Waals surface area contributed by atoms with E-state index in [0.717, 1.165) is 11.3 Å². The van der Waals surface area contributed by atoms with E-state index in [1.54, 1.807) is 36.4 Å². The molecule has 1 amide bonds. The molecule has 1 aliphatic heterocycles. The van der Waals surface area contributed by atoms with Gasteiger partial charge in [-0.05, 0) is 36.1 Å². The molecular formula is C25H22FNO4S. The largest absolute Gasteiger partial charge is 0.507 e. The standard InChI is InChI=1S/C25H22FNO4S/c1-2-12-31-17-8-5-7-16(14-17)23(28)21-22(19-10-3-4-11-20(19)26)27(25(30)24(21)29)15-18-9-6-13-32-18/h3-11,13-14,22,28H,2,12,15H2,1H3/b23-21-. The van der Waals surface area contributed by atoms with E-state index in [1.807, 2.05) is 24.4 Å². The van der Waals surface area contributed by atoms with Crippen LogP contribution in [-0.2, 0) is 16.1 Å². The Balaban J connectivity index is 1.84. The number of Topliss-reactive ketones (excluding diaryl/α,β-unsaturated/α-hetero) is 1. The van der Waals surface area contributed by atoms with Gasteiger partial charge < -0.3 is 14.7 Å². The normalized spacial score (nSPS) is 17.7. The van der Waals surface area contributed by atoms with Gasteiger partial charge in [-0.2, -0.15) is 0 Å². The monoisotopic (exact) mass is 451 g/mol. The van der Waals surface area contributed by atoms with Crippen molar-refractivity contribution in [1.82, 2.24) is 4.90 Å². The molecule has 1 aromatic heterocycles. The number of nitrogens with zero attached hydrogens (tertiary/aromatic N) is 1. The number of halogens is 1. The molecule has 0 spiro atoms. The van der Waals surface area contributed by atoms with Gasteiger partial charge in [0.2, 0.25) is 0 Å². The van der Waals surface area contributed by atoms with Gasteiger partial charge in [-0.1, -0.05) is 43.3 Å². The number of benzene rings is 2. The highest BCUT2D eigenvalue weighted by atomic mass is 32.1. The van der Waals surface area contributed by atoms with Crippen LogP contribution in [-0.4, -0.2) is 28.3 Å². The maximum atomic E-state index is 14.8. The van der Waals surface area contributed by atoms with Crippen molar-refractivity contribution in [3.63, 3.8) is 0 Å². The minimum atomic E-state index is -1.04. The molecule has 2 aromatic carbocycles. The highest BCUT2D eigenvalue weighted by molar-refractivity contribution is 7.09. The summed E-state index contributed by atoms with van der Waals surface area (Å²) in [6, 6.07) is 15.3. The molecule has 1 N–H and O–H groups in total. The summed E-state index contributed by atoms with van der Waals surface area (Å²) in [6.07, 6.45) is 0.817. The molecule has 164 valence electrons. The minimum absolute atomic E-state index is 0.135. The van der Waals surface area contributed by atoms with E-state index < -0.39 is 23.5 Å². The fourth-order valence-corrected chi connectivity index (χ4v) is 4.44. The maximum Gasteiger partial charge on any atom is 0.295 e. The van der Waals surface area contributed by atoms with Gasteiger partial charge in [-0.25, -0.2) is 4.39 Å². The summed E-state index contributed by atoms with van der Waals surface area (Å²) in [5.74, 6) is -1.99. The first kappa shape index (κ1) is 21.8. The molecule has 5 nitrogen and oxygen atoms in total. The van der Waals surface area contributed by atoms with E-state index >= 15 is 0 Å². The molecule has 0 aliphatic carbocycles. The van der Waals surface area contributed by atoms with Gasteiger partial charge in [-0.3, -0.25) is 9.59 Å². The molecule has 1 aliphatic rings. The molecule has 1 fully saturated rings. The second-order valence-electron chi connectivity index (χ2n) is 7.40. The Kier molecular flexibility index (Phi) is 6.37. The lowest BCUT2D eigenvalue weighted by molar-refractivity contribution is -0.140. The molecular weight excluding hydrogens is 429 g/mol. The Morgan fingerprint density at radius 2 is 1.94 bits per heavy atom. The summed E-state index contributed by atoms with van der Waals surface area (Å²) in [4.78, 5) is 28.2. The quantitative estimate of drug-likeness (QED) is 0.301. The van der Waals surface area contributed by atoms with Gasteiger partial charge in [-0.15, -0.1) is 11.3 Å². The number of amides is 1. The Labute approximate surface area is 189 Å². The van der Waals surface area contributed by atoms with Crippen LogP contribution in [0.15, 0.2) is 71.6 Å². The topological polar surface area (TPSA) is 66.8 Å². The van der Waals surface area contributed by atoms with Crippen LogP contribution >= 0.6 is 11.3 Å². The van der Waals surface area contributed by atoms with Crippen molar-refractivity contribution in [3.05, 3.63) is 93.4 Å². The zero-order valence-corrected chi connectivity index (χ0v) is 18.3. The summed E-state index contributed by atoms with van der Waals surface area (Å²) >= 11 is 1.44. The molecule has 0 radical (unpaired) electrons. The van der Waals surface area contributed by atoms with Crippen LogP contribution < -0.4 is 4.74 Å². The fraction of sp³-hybridized carbons (Fsp3) is 0.200. The molecule has 7 heteroatoms. The first-order valence-electron chi connectivity index (χ1n) is 10.3.